The van der Waals surface area contributed by atoms with E-state index in [0.717, 1.165) is 12.0 Å². The second kappa shape index (κ2) is 5.99. The number of ether oxygens (including phenoxy) is 1. The number of rotatable bonds is 5. The zero-order chi connectivity index (χ0) is 15.7. The van der Waals surface area contributed by atoms with Gasteiger partial charge in [0, 0.05) is 10.9 Å². The maximum Gasteiger partial charge on any atom is 0.152 e. The lowest BCUT2D eigenvalue weighted by Crippen LogP contribution is -1.98. The fourth-order valence-electron chi connectivity index (χ4n) is 2.62. The zero-order valence-corrected chi connectivity index (χ0v) is 12.8. The van der Waals surface area contributed by atoms with Gasteiger partial charge in [0.05, 0.1) is 0 Å². The molecular weight excluding hydrogens is 302 g/mol. The van der Waals surface area contributed by atoms with Crippen molar-refractivity contribution in [2.45, 2.75) is 19.3 Å². The normalized spacial score (nSPS) is 19.6. The van der Waals surface area contributed by atoms with Crippen LogP contribution in [0.4, 0.5) is 5.69 Å². The number of ketones is 1. The SMILES string of the molecule is CC(=O)C1CC1c1ccc(Oc2cccc(Cl)c2)c(NO)c1. The summed E-state index contributed by atoms with van der Waals surface area (Å²) in [5, 5.41) is 9.91. The quantitative estimate of drug-likeness (QED) is 0.790. The highest BCUT2D eigenvalue weighted by Gasteiger charge is 2.41. The van der Waals surface area contributed by atoms with Crippen molar-refractivity contribution in [2.75, 3.05) is 5.48 Å². The van der Waals surface area contributed by atoms with Crippen LogP contribution in [0.15, 0.2) is 42.5 Å². The van der Waals surface area contributed by atoms with Crippen LogP contribution in [0.2, 0.25) is 5.02 Å². The van der Waals surface area contributed by atoms with E-state index in [1.165, 1.54) is 0 Å². The van der Waals surface area contributed by atoms with Crippen molar-refractivity contribution < 1.29 is 14.7 Å². The monoisotopic (exact) mass is 317 g/mol. The molecule has 1 saturated carbocycles. The summed E-state index contributed by atoms with van der Waals surface area (Å²) in [5.74, 6) is 1.64. The maximum atomic E-state index is 11.4. The molecule has 1 fully saturated rings. The van der Waals surface area contributed by atoms with E-state index in [0.29, 0.717) is 22.2 Å². The third-order valence-corrected chi connectivity index (χ3v) is 4.12. The third-order valence-electron chi connectivity index (χ3n) is 3.89. The van der Waals surface area contributed by atoms with Crippen LogP contribution < -0.4 is 10.2 Å². The second-order valence-corrected chi connectivity index (χ2v) is 5.92. The number of benzene rings is 2. The van der Waals surface area contributed by atoms with Crippen molar-refractivity contribution in [1.82, 2.24) is 0 Å². The molecule has 0 heterocycles. The minimum atomic E-state index is 0.103. The van der Waals surface area contributed by atoms with Crippen LogP contribution in [0.1, 0.15) is 24.8 Å². The Hall–Kier alpha value is -2.04. The molecule has 0 aromatic heterocycles. The van der Waals surface area contributed by atoms with Gasteiger partial charge in [-0.1, -0.05) is 23.7 Å². The van der Waals surface area contributed by atoms with Crippen LogP contribution in [0.3, 0.4) is 0 Å². The molecule has 2 aromatic carbocycles. The second-order valence-electron chi connectivity index (χ2n) is 5.49. The van der Waals surface area contributed by atoms with E-state index in [2.05, 4.69) is 5.48 Å². The summed E-state index contributed by atoms with van der Waals surface area (Å²) in [4.78, 5) is 11.4. The summed E-state index contributed by atoms with van der Waals surface area (Å²) in [6, 6.07) is 12.6. The number of hydrogen-bond acceptors (Lipinski definition) is 4. The van der Waals surface area contributed by atoms with E-state index < -0.39 is 0 Å². The van der Waals surface area contributed by atoms with Crippen molar-refractivity contribution in [3.05, 3.63) is 53.1 Å². The number of halogens is 1. The van der Waals surface area contributed by atoms with Gasteiger partial charge < -0.3 is 4.74 Å². The largest absolute Gasteiger partial charge is 0.455 e. The molecule has 5 heteroatoms. The van der Waals surface area contributed by atoms with Crippen LogP contribution >= 0.6 is 11.6 Å². The molecule has 4 nitrogen and oxygen atoms in total. The molecule has 2 N–H and O–H groups in total. The van der Waals surface area contributed by atoms with Crippen molar-refractivity contribution in [3.8, 4) is 11.5 Å². The van der Waals surface area contributed by atoms with E-state index in [1.54, 1.807) is 37.3 Å². The lowest BCUT2D eigenvalue weighted by Gasteiger charge is -2.12. The Morgan fingerprint density at radius 1 is 1.32 bits per heavy atom. The molecule has 0 bridgehead atoms. The Kier molecular flexibility index (Phi) is 4.05. The first-order chi connectivity index (χ1) is 10.6. The highest BCUT2D eigenvalue weighted by atomic mass is 35.5. The molecule has 2 atom stereocenters. The van der Waals surface area contributed by atoms with Crippen molar-refractivity contribution in [1.29, 1.82) is 0 Å². The summed E-state index contributed by atoms with van der Waals surface area (Å²) >= 11 is 5.93. The molecule has 22 heavy (non-hydrogen) atoms. The molecule has 114 valence electrons. The van der Waals surface area contributed by atoms with Gasteiger partial charge in [0.15, 0.2) is 5.75 Å². The lowest BCUT2D eigenvalue weighted by molar-refractivity contribution is -0.118. The van der Waals surface area contributed by atoms with E-state index in [9.17, 15) is 10.0 Å². The Labute approximate surface area is 133 Å². The van der Waals surface area contributed by atoms with E-state index in [1.807, 2.05) is 12.1 Å². The highest BCUT2D eigenvalue weighted by Crippen LogP contribution is 2.49. The summed E-state index contributed by atoms with van der Waals surface area (Å²) in [6.07, 6.45) is 0.870. The van der Waals surface area contributed by atoms with Crippen LogP contribution in [0, 0.1) is 5.92 Å². The Morgan fingerprint density at radius 2 is 2.14 bits per heavy atom. The van der Waals surface area contributed by atoms with E-state index in [-0.39, 0.29) is 17.6 Å². The van der Waals surface area contributed by atoms with E-state index >= 15 is 0 Å². The van der Waals surface area contributed by atoms with Gasteiger partial charge in [0.25, 0.3) is 0 Å². The molecule has 2 unspecified atom stereocenters. The minimum Gasteiger partial charge on any atom is -0.455 e. The van der Waals surface area contributed by atoms with Gasteiger partial charge in [-0.3, -0.25) is 15.5 Å². The Morgan fingerprint density at radius 3 is 2.77 bits per heavy atom. The van der Waals surface area contributed by atoms with Gasteiger partial charge in [-0.2, -0.15) is 0 Å². The molecule has 1 aliphatic rings. The molecule has 0 radical (unpaired) electrons. The fraction of sp³-hybridized carbons (Fsp3) is 0.235. The van der Waals surface area contributed by atoms with Gasteiger partial charge in [-0.25, -0.2) is 0 Å². The lowest BCUT2D eigenvalue weighted by atomic mass is 10.1. The molecule has 3 rings (SSSR count). The summed E-state index contributed by atoms with van der Waals surface area (Å²) in [6.45, 7) is 1.62. The first kappa shape index (κ1) is 14.9. The molecule has 2 aromatic rings. The number of carbonyl (C=O) groups excluding carboxylic acids is 1. The standard InChI is InChI=1S/C17H16ClNO3/c1-10(20)14-9-15(14)11-5-6-17(16(7-11)19-21)22-13-4-2-3-12(18)8-13/h2-8,14-15,19,21H,9H2,1H3. The van der Waals surface area contributed by atoms with Gasteiger partial charge in [0.1, 0.15) is 17.2 Å². The zero-order valence-electron chi connectivity index (χ0n) is 12.0. The summed E-state index contributed by atoms with van der Waals surface area (Å²) < 4.78 is 5.74. The molecule has 1 aliphatic carbocycles. The molecule has 0 saturated heterocycles. The minimum absolute atomic E-state index is 0.103. The van der Waals surface area contributed by atoms with Crippen molar-refractivity contribution in [2.24, 2.45) is 5.92 Å². The van der Waals surface area contributed by atoms with Crippen molar-refractivity contribution in [3.63, 3.8) is 0 Å². The van der Waals surface area contributed by atoms with Gasteiger partial charge in [-0.15, -0.1) is 0 Å². The molecular formula is C17H16ClNO3. The number of Topliss-reactive ketones (excluding diaryl/α,β-unsaturated/α-hetero) is 1. The average molecular weight is 318 g/mol. The summed E-state index contributed by atoms with van der Waals surface area (Å²) in [5.41, 5.74) is 3.64. The van der Waals surface area contributed by atoms with Crippen LogP contribution in [-0.2, 0) is 4.79 Å². The highest BCUT2D eigenvalue weighted by molar-refractivity contribution is 6.30. The van der Waals surface area contributed by atoms with Crippen molar-refractivity contribution >= 4 is 23.1 Å². The van der Waals surface area contributed by atoms with Gasteiger partial charge in [-0.05, 0) is 55.2 Å². The Bertz CT molecular complexity index is 717. The molecule has 0 aliphatic heterocycles. The van der Waals surface area contributed by atoms with Gasteiger partial charge >= 0.3 is 0 Å². The predicted octanol–water partition coefficient (Wildman–Crippen LogP) is 4.63. The molecule has 0 amide bonds. The first-order valence-electron chi connectivity index (χ1n) is 7.06. The van der Waals surface area contributed by atoms with Crippen LogP contribution in [0.25, 0.3) is 0 Å². The topological polar surface area (TPSA) is 58.6 Å². The van der Waals surface area contributed by atoms with Gasteiger partial charge in [0.2, 0.25) is 0 Å². The first-order valence-corrected chi connectivity index (χ1v) is 7.44. The third kappa shape index (κ3) is 3.08. The number of hydrogen-bond donors (Lipinski definition) is 2. The van der Waals surface area contributed by atoms with Crippen LogP contribution in [0.5, 0.6) is 11.5 Å². The number of nitrogens with one attached hydrogen (secondary N) is 1. The predicted molar refractivity (Wildman–Crippen MR) is 84.9 cm³/mol. The fourth-order valence-corrected chi connectivity index (χ4v) is 2.81. The number of anilines is 1. The summed E-state index contributed by atoms with van der Waals surface area (Å²) in [7, 11) is 0. The Balaban J connectivity index is 1.82. The molecule has 0 spiro atoms. The van der Waals surface area contributed by atoms with E-state index in [4.69, 9.17) is 16.3 Å². The number of carbonyl (C=O) groups is 1. The van der Waals surface area contributed by atoms with Crippen LogP contribution in [-0.4, -0.2) is 11.0 Å². The average Bonchev–Trinajstić information content (AvgIpc) is 3.28. The maximum absolute atomic E-state index is 11.4. The smallest absolute Gasteiger partial charge is 0.152 e.